The van der Waals surface area contributed by atoms with Gasteiger partial charge < -0.3 is 10.6 Å². The zero-order chi connectivity index (χ0) is 14.0. The molecule has 0 fully saturated rings. The summed E-state index contributed by atoms with van der Waals surface area (Å²) in [5, 5.41) is 7.74. The highest BCUT2D eigenvalue weighted by Crippen LogP contribution is 2.29. The smallest absolute Gasteiger partial charge is 0.146 e. The third-order valence-electron chi connectivity index (χ3n) is 2.84. The van der Waals surface area contributed by atoms with Crippen molar-refractivity contribution in [3.8, 4) is 0 Å². The van der Waals surface area contributed by atoms with Crippen LogP contribution in [0, 0.1) is 11.2 Å². The SMILES string of the molecule is CN(c1ccc(C(=N)N)c(Cl)c1)c1ccccc1F. The largest absolute Gasteiger partial charge is 0.384 e. The van der Waals surface area contributed by atoms with Crippen LogP contribution in [0.25, 0.3) is 0 Å². The lowest BCUT2D eigenvalue weighted by Gasteiger charge is -2.20. The van der Waals surface area contributed by atoms with Crippen LogP contribution in [0.1, 0.15) is 5.56 Å². The minimum absolute atomic E-state index is 0.0925. The van der Waals surface area contributed by atoms with E-state index in [4.69, 9.17) is 22.7 Å². The number of hydrogen-bond donors (Lipinski definition) is 2. The molecule has 0 aliphatic rings. The summed E-state index contributed by atoms with van der Waals surface area (Å²) in [6.45, 7) is 0. The fourth-order valence-corrected chi connectivity index (χ4v) is 2.07. The molecule has 0 heterocycles. The molecule has 19 heavy (non-hydrogen) atoms. The number of hydrogen-bond acceptors (Lipinski definition) is 2. The van der Waals surface area contributed by atoms with Crippen LogP contribution in [0.4, 0.5) is 15.8 Å². The average Bonchev–Trinajstić information content (AvgIpc) is 2.38. The molecule has 2 aromatic carbocycles. The second kappa shape index (κ2) is 5.28. The van der Waals surface area contributed by atoms with Gasteiger partial charge in [-0.25, -0.2) is 4.39 Å². The predicted octanol–water partition coefficient (Wildman–Crippen LogP) is 3.53. The van der Waals surface area contributed by atoms with Gasteiger partial charge in [-0.05, 0) is 30.3 Å². The number of rotatable bonds is 3. The van der Waals surface area contributed by atoms with E-state index in [2.05, 4.69) is 0 Å². The van der Waals surface area contributed by atoms with E-state index in [-0.39, 0.29) is 11.7 Å². The third kappa shape index (κ3) is 2.69. The molecule has 0 saturated heterocycles. The Hall–Kier alpha value is -2.07. The van der Waals surface area contributed by atoms with Crippen LogP contribution in [-0.2, 0) is 0 Å². The van der Waals surface area contributed by atoms with Gasteiger partial charge in [0.2, 0.25) is 0 Å². The Kier molecular flexibility index (Phi) is 3.71. The minimum atomic E-state index is -0.309. The fourth-order valence-electron chi connectivity index (χ4n) is 1.79. The standard InChI is InChI=1S/C14H13ClFN3/c1-19(13-5-3-2-4-12(13)16)9-6-7-10(14(17)18)11(15)8-9/h2-8H,1H3,(H3,17,18). The Morgan fingerprint density at radius 2 is 1.95 bits per heavy atom. The van der Waals surface area contributed by atoms with Crippen molar-refractivity contribution in [3.63, 3.8) is 0 Å². The van der Waals surface area contributed by atoms with Crippen molar-refractivity contribution in [1.29, 1.82) is 5.41 Å². The summed E-state index contributed by atoms with van der Waals surface area (Å²) in [7, 11) is 1.75. The van der Waals surface area contributed by atoms with Crippen molar-refractivity contribution in [2.45, 2.75) is 0 Å². The number of para-hydroxylation sites is 1. The second-order valence-electron chi connectivity index (χ2n) is 4.09. The van der Waals surface area contributed by atoms with Gasteiger partial charge in [-0.3, -0.25) is 5.41 Å². The first kappa shape index (κ1) is 13.4. The van der Waals surface area contributed by atoms with Gasteiger partial charge in [0.05, 0.1) is 10.7 Å². The van der Waals surface area contributed by atoms with Crippen molar-refractivity contribution in [2.24, 2.45) is 5.73 Å². The zero-order valence-corrected chi connectivity index (χ0v) is 11.1. The lowest BCUT2D eigenvalue weighted by atomic mass is 10.1. The van der Waals surface area contributed by atoms with Gasteiger partial charge in [0.25, 0.3) is 0 Å². The highest BCUT2D eigenvalue weighted by atomic mass is 35.5. The summed E-state index contributed by atoms with van der Waals surface area (Å²) >= 11 is 6.05. The van der Waals surface area contributed by atoms with Crippen LogP contribution < -0.4 is 10.6 Å². The maximum Gasteiger partial charge on any atom is 0.146 e. The van der Waals surface area contributed by atoms with Crippen LogP contribution in [-0.4, -0.2) is 12.9 Å². The van der Waals surface area contributed by atoms with Gasteiger partial charge in [-0.2, -0.15) is 0 Å². The fraction of sp³-hybridized carbons (Fsp3) is 0.0714. The number of nitrogens with two attached hydrogens (primary N) is 1. The van der Waals surface area contributed by atoms with Crippen LogP contribution in [0.2, 0.25) is 5.02 Å². The van der Waals surface area contributed by atoms with Crippen molar-refractivity contribution in [3.05, 3.63) is 58.9 Å². The number of nitrogens with zero attached hydrogens (tertiary/aromatic N) is 1. The van der Waals surface area contributed by atoms with Crippen LogP contribution >= 0.6 is 11.6 Å². The quantitative estimate of drug-likeness (QED) is 0.666. The lowest BCUT2D eigenvalue weighted by Crippen LogP contribution is -2.14. The Bertz CT molecular complexity index is 628. The first-order valence-electron chi connectivity index (χ1n) is 5.63. The maximum atomic E-state index is 13.7. The van der Waals surface area contributed by atoms with Gasteiger partial charge in [-0.15, -0.1) is 0 Å². The number of halogens is 2. The molecule has 2 rings (SSSR count). The van der Waals surface area contributed by atoms with Gasteiger partial charge >= 0.3 is 0 Å². The predicted molar refractivity (Wildman–Crippen MR) is 76.9 cm³/mol. The summed E-state index contributed by atoms with van der Waals surface area (Å²) < 4.78 is 13.7. The zero-order valence-electron chi connectivity index (χ0n) is 10.3. The van der Waals surface area contributed by atoms with Crippen LogP contribution in [0.3, 0.4) is 0 Å². The van der Waals surface area contributed by atoms with E-state index in [1.165, 1.54) is 6.07 Å². The summed E-state index contributed by atoms with van der Waals surface area (Å²) in [5.41, 5.74) is 7.04. The molecule has 3 N–H and O–H groups in total. The summed E-state index contributed by atoms with van der Waals surface area (Å²) in [4.78, 5) is 1.69. The topological polar surface area (TPSA) is 53.1 Å². The number of anilines is 2. The van der Waals surface area contributed by atoms with Gasteiger partial charge in [-0.1, -0.05) is 23.7 Å². The summed E-state index contributed by atoms with van der Waals surface area (Å²) in [6.07, 6.45) is 0. The van der Waals surface area contributed by atoms with Gasteiger partial charge in [0.1, 0.15) is 11.7 Å². The first-order valence-corrected chi connectivity index (χ1v) is 6.00. The van der Waals surface area contributed by atoms with Crippen molar-refractivity contribution in [1.82, 2.24) is 0 Å². The second-order valence-corrected chi connectivity index (χ2v) is 4.50. The Morgan fingerprint density at radius 3 is 2.53 bits per heavy atom. The molecule has 3 nitrogen and oxygen atoms in total. The molecule has 98 valence electrons. The molecule has 0 aliphatic carbocycles. The van der Waals surface area contributed by atoms with E-state index in [9.17, 15) is 4.39 Å². The highest BCUT2D eigenvalue weighted by molar-refractivity contribution is 6.34. The van der Waals surface area contributed by atoms with Crippen molar-refractivity contribution < 1.29 is 4.39 Å². The summed E-state index contributed by atoms with van der Waals surface area (Å²) in [6, 6.07) is 11.5. The van der Waals surface area contributed by atoms with E-state index >= 15 is 0 Å². The maximum absolute atomic E-state index is 13.7. The molecule has 0 aromatic heterocycles. The summed E-state index contributed by atoms with van der Waals surface area (Å²) in [5.74, 6) is -0.401. The molecule has 0 saturated carbocycles. The molecule has 0 radical (unpaired) electrons. The number of benzene rings is 2. The normalized spacial score (nSPS) is 10.3. The van der Waals surface area contributed by atoms with Crippen LogP contribution in [0.5, 0.6) is 0 Å². The van der Waals surface area contributed by atoms with E-state index in [1.54, 1.807) is 48.3 Å². The Labute approximate surface area is 115 Å². The van der Waals surface area contributed by atoms with E-state index in [1.807, 2.05) is 0 Å². The number of amidine groups is 1. The molecular formula is C14H13ClFN3. The van der Waals surface area contributed by atoms with Gasteiger partial charge in [0.15, 0.2) is 0 Å². The minimum Gasteiger partial charge on any atom is -0.384 e. The lowest BCUT2D eigenvalue weighted by molar-refractivity contribution is 0.627. The Morgan fingerprint density at radius 1 is 1.26 bits per heavy atom. The molecule has 0 atom stereocenters. The Balaban J connectivity index is 2.40. The van der Waals surface area contributed by atoms with Crippen molar-refractivity contribution >= 4 is 28.8 Å². The molecule has 0 aliphatic heterocycles. The van der Waals surface area contributed by atoms with Gasteiger partial charge in [0, 0.05) is 18.3 Å². The monoisotopic (exact) mass is 277 g/mol. The molecule has 2 aromatic rings. The number of nitrogens with one attached hydrogen (secondary N) is 1. The van der Waals surface area contributed by atoms with E-state index < -0.39 is 0 Å². The average molecular weight is 278 g/mol. The highest BCUT2D eigenvalue weighted by Gasteiger charge is 2.11. The third-order valence-corrected chi connectivity index (χ3v) is 3.16. The molecule has 0 spiro atoms. The molecular weight excluding hydrogens is 265 g/mol. The molecule has 0 unspecified atom stereocenters. The van der Waals surface area contributed by atoms with E-state index in [0.29, 0.717) is 16.3 Å². The van der Waals surface area contributed by atoms with Crippen LogP contribution in [0.15, 0.2) is 42.5 Å². The number of nitrogen functional groups attached to an aromatic ring is 1. The van der Waals surface area contributed by atoms with E-state index in [0.717, 1.165) is 5.69 Å². The first-order chi connectivity index (χ1) is 9.00. The van der Waals surface area contributed by atoms with Crippen molar-refractivity contribution in [2.75, 3.05) is 11.9 Å². The molecule has 5 heteroatoms. The molecule has 0 bridgehead atoms. The molecule has 0 amide bonds.